The highest BCUT2D eigenvalue weighted by molar-refractivity contribution is 4.97. The lowest BCUT2D eigenvalue weighted by Crippen LogP contribution is -2.13. The molecule has 0 spiro atoms. The van der Waals surface area contributed by atoms with E-state index in [1.54, 1.807) is 0 Å². The van der Waals surface area contributed by atoms with Gasteiger partial charge in [-0.25, -0.2) is 0 Å². The molecule has 1 N–H and O–H groups in total. The minimum absolute atomic E-state index is 0.248. The van der Waals surface area contributed by atoms with Crippen molar-refractivity contribution in [3.05, 3.63) is 11.8 Å². The van der Waals surface area contributed by atoms with Gasteiger partial charge in [0, 0.05) is 7.11 Å². The average molecular weight is 212 g/mol. The van der Waals surface area contributed by atoms with Crippen LogP contribution >= 0.6 is 0 Å². The van der Waals surface area contributed by atoms with E-state index >= 15 is 0 Å². The van der Waals surface area contributed by atoms with Gasteiger partial charge in [-0.3, -0.25) is 0 Å². The Morgan fingerprint density at radius 1 is 1.36 bits per heavy atom. The number of aliphatic hydroxyl groups excluding tert-OH is 1. The molecule has 4 nitrogen and oxygen atoms in total. The van der Waals surface area contributed by atoms with Crippen LogP contribution in [0.4, 0.5) is 8.78 Å². The third kappa shape index (κ3) is 5.85. The minimum Gasteiger partial charge on any atom is -0.464 e. The Morgan fingerprint density at radius 3 is 2.43 bits per heavy atom. The van der Waals surface area contributed by atoms with Crippen molar-refractivity contribution in [1.82, 2.24) is 0 Å². The van der Waals surface area contributed by atoms with Gasteiger partial charge in [0.25, 0.3) is 0 Å². The maximum Gasteiger partial charge on any atom is 0.310 e. The number of hydrogen-bond donors (Lipinski definition) is 1. The molecule has 0 saturated heterocycles. The van der Waals surface area contributed by atoms with Crippen LogP contribution in [0.3, 0.4) is 0 Å². The van der Waals surface area contributed by atoms with Crippen molar-refractivity contribution in [3.8, 4) is 0 Å². The molecule has 1 unspecified atom stereocenters. The number of ether oxygens (including phenoxy) is 3. The molecule has 14 heavy (non-hydrogen) atoms. The molecule has 0 aromatic heterocycles. The second-order valence-corrected chi connectivity index (χ2v) is 2.46. The first-order valence-corrected chi connectivity index (χ1v) is 4.02. The Bertz CT molecular complexity index is 178. The van der Waals surface area contributed by atoms with Gasteiger partial charge in [0.05, 0.1) is 13.2 Å². The van der Waals surface area contributed by atoms with Crippen LogP contribution in [0.2, 0.25) is 0 Å². The molecule has 0 radical (unpaired) electrons. The molecule has 0 fully saturated rings. The Hall–Kier alpha value is -0.720. The second-order valence-electron chi connectivity index (χ2n) is 2.46. The molecule has 0 heterocycles. The highest BCUT2D eigenvalue weighted by Crippen LogP contribution is 2.13. The second kappa shape index (κ2) is 7.66. The van der Waals surface area contributed by atoms with Gasteiger partial charge in [0.2, 0.25) is 0 Å². The van der Waals surface area contributed by atoms with Crippen LogP contribution in [0, 0.1) is 0 Å². The molecular formula is C8H14F2O4. The van der Waals surface area contributed by atoms with Gasteiger partial charge in [-0.15, -0.1) is 0 Å². The molecule has 0 aromatic carbocycles. The smallest absolute Gasteiger partial charge is 0.310 e. The lowest BCUT2D eigenvalue weighted by molar-refractivity contribution is -0.0575. The average Bonchev–Trinajstić information content (AvgIpc) is 2.09. The summed E-state index contributed by atoms with van der Waals surface area (Å²) in [5.74, 6) is -0.762. The lowest BCUT2D eigenvalue weighted by atomic mass is 10.3. The summed E-state index contributed by atoms with van der Waals surface area (Å²) >= 11 is 0. The van der Waals surface area contributed by atoms with Gasteiger partial charge in [-0.05, 0) is 6.92 Å². The Kier molecular flexibility index (Phi) is 7.27. The first kappa shape index (κ1) is 13.3. The van der Waals surface area contributed by atoms with E-state index in [1.807, 2.05) is 0 Å². The molecule has 6 heteroatoms. The summed E-state index contributed by atoms with van der Waals surface area (Å²) in [5, 5.41) is 8.84. The van der Waals surface area contributed by atoms with Crippen molar-refractivity contribution in [2.45, 2.75) is 13.0 Å². The van der Waals surface area contributed by atoms with Gasteiger partial charge in [-0.2, -0.15) is 8.78 Å². The first-order valence-electron chi connectivity index (χ1n) is 4.02. The predicted molar refractivity (Wildman–Crippen MR) is 44.7 cm³/mol. The maximum atomic E-state index is 12.0. The fourth-order valence-corrected chi connectivity index (χ4v) is 0.639. The van der Waals surface area contributed by atoms with Crippen LogP contribution in [0.1, 0.15) is 6.92 Å². The summed E-state index contributed by atoms with van der Waals surface area (Å²) in [6.07, 6.45) is -3.39. The van der Waals surface area contributed by atoms with E-state index in [9.17, 15) is 8.78 Å². The topological polar surface area (TPSA) is 47.9 Å². The van der Waals surface area contributed by atoms with E-state index in [0.29, 0.717) is 6.61 Å². The molecule has 0 amide bonds. The summed E-state index contributed by atoms with van der Waals surface area (Å²) in [6, 6.07) is 0. The van der Waals surface area contributed by atoms with Crippen molar-refractivity contribution < 1.29 is 28.1 Å². The zero-order valence-electron chi connectivity index (χ0n) is 8.13. The standard InChI is InChI=1S/C8H14F2O4/c1-6(11)7(8(9)10)14-5-13-4-3-12-2/h6,11H,3-5H2,1-2H3. The number of methoxy groups -OCH3 is 1. The third-order valence-electron chi connectivity index (χ3n) is 1.30. The molecule has 0 saturated carbocycles. The van der Waals surface area contributed by atoms with Crippen LogP contribution in [-0.2, 0) is 14.2 Å². The van der Waals surface area contributed by atoms with E-state index in [1.165, 1.54) is 14.0 Å². The molecule has 0 rings (SSSR count). The van der Waals surface area contributed by atoms with E-state index in [0.717, 1.165) is 0 Å². The largest absolute Gasteiger partial charge is 0.464 e. The molecular weight excluding hydrogens is 198 g/mol. The SMILES string of the molecule is COCCOCOC(=C(F)F)C(C)O. The quantitative estimate of drug-likeness (QED) is 0.390. The summed E-state index contributed by atoms with van der Waals surface area (Å²) in [6.45, 7) is 1.46. The van der Waals surface area contributed by atoms with Gasteiger partial charge in [0.15, 0.2) is 12.6 Å². The van der Waals surface area contributed by atoms with Crippen molar-refractivity contribution >= 4 is 0 Å². The van der Waals surface area contributed by atoms with Gasteiger partial charge < -0.3 is 19.3 Å². The molecule has 0 aliphatic carbocycles. The van der Waals surface area contributed by atoms with Crippen LogP contribution in [0.15, 0.2) is 11.8 Å². The number of halogens is 2. The summed E-state index contributed by atoms with van der Waals surface area (Å²) < 4.78 is 38.0. The van der Waals surface area contributed by atoms with Crippen molar-refractivity contribution in [2.75, 3.05) is 27.1 Å². The number of rotatable bonds is 7. The first-order chi connectivity index (χ1) is 6.59. The van der Waals surface area contributed by atoms with Crippen molar-refractivity contribution in [3.63, 3.8) is 0 Å². The van der Waals surface area contributed by atoms with Crippen molar-refractivity contribution in [2.24, 2.45) is 0 Å². The number of hydrogen-bond acceptors (Lipinski definition) is 4. The van der Waals surface area contributed by atoms with Crippen LogP contribution in [0.5, 0.6) is 0 Å². The van der Waals surface area contributed by atoms with Crippen LogP contribution < -0.4 is 0 Å². The number of aliphatic hydroxyl groups is 1. The Morgan fingerprint density at radius 2 is 2.00 bits per heavy atom. The molecule has 84 valence electrons. The van der Waals surface area contributed by atoms with Crippen molar-refractivity contribution in [1.29, 1.82) is 0 Å². The van der Waals surface area contributed by atoms with Gasteiger partial charge >= 0.3 is 6.08 Å². The van der Waals surface area contributed by atoms with E-state index in [4.69, 9.17) is 9.84 Å². The highest BCUT2D eigenvalue weighted by Gasteiger charge is 2.13. The zero-order chi connectivity index (χ0) is 11.0. The normalized spacial score (nSPS) is 12.4. The predicted octanol–water partition coefficient (Wildman–Crippen LogP) is 1.11. The van der Waals surface area contributed by atoms with Gasteiger partial charge in [0.1, 0.15) is 6.10 Å². The molecule has 0 aromatic rings. The van der Waals surface area contributed by atoms with E-state index in [-0.39, 0.29) is 13.4 Å². The van der Waals surface area contributed by atoms with Crippen LogP contribution in [0.25, 0.3) is 0 Å². The zero-order valence-corrected chi connectivity index (χ0v) is 8.13. The fourth-order valence-electron chi connectivity index (χ4n) is 0.639. The highest BCUT2D eigenvalue weighted by atomic mass is 19.3. The van der Waals surface area contributed by atoms with E-state index in [2.05, 4.69) is 9.47 Å². The molecule has 0 aliphatic rings. The van der Waals surface area contributed by atoms with Crippen LogP contribution in [-0.4, -0.2) is 38.3 Å². The third-order valence-corrected chi connectivity index (χ3v) is 1.30. The summed E-state index contributed by atoms with van der Waals surface area (Å²) in [4.78, 5) is 0. The Balaban J connectivity index is 3.69. The van der Waals surface area contributed by atoms with Gasteiger partial charge in [-0.1, -0.05) is 0 Å². The summed E-state index contributed by atoms with van der Waals surface area (Å²) in [5.41, 5.74) is 0. The lowest BCUT2D eigenvalue weighted by Gasteiger charge is -2.11. The van der Waals surface area contributed by atoms with E-state index < -0.39 is 17.9 Å². The molecule has 0 aliphatic heterocycles. The molecule has 1 atom stereocenters. The maximum absolute atomic E-state index is 12.0. The monoisotopic (exact) mass is 212 g/mol. The Labute approximate surface area is 81.1 Å². The minimum atomic E-state index is -2.05. The summed E-state index contributed by atoms with van der Waals surface area (Å²) in [7, 11) is 1.49. The molecule has 0 bridgehead atoms. The fraction of sp³-hybridized carbons (Fsp3) is 0.750.